The lowest BCUT2D eigenvalue weighted by molar-refractivity contribution is 0.0919. The number of nitrogens with zero attached hydrogens (tertiary/aromatic N) is 3. The SMILES string of the molecule is CSc1cccc(-n2c(=O)n(C3CCC(NC(=O)c4cc(C)ccc4O)CC3)c(=O)c3cc(F)cnc32)c1. The minimum atomic E-state index is -0.657. The topological polar surface area (TPSA) is 106 Å². The number of amides is 1. The summed E-state index contributed by atoms with van der Waals surface area (Å²) in [5.74, 6) is -1.11. The highest BCUT2D eigenvalue weighted by atomic mass is 32.2. The van der Waals surface area contributed by atoms with E-state index >= 15 is 0 Å². The van der Waals surface area contributed by atoms with E-state index in [0.717, 1.165) is 22.7 Å². The molecule has 2 N–H and O–H groups in total. The molecule has 1 fully saturated rings. The molecule has 0 spiro atoms. The summed E-state index contributed by atoms with van der Waals surface area (Å²) in [5, 5.41) is 13.1. The summed E-state index contributed by atoms with van der Waals surface area (Å²) in [6.07, 6.45) is 4.94. The predicted octanol–water partition coefficient (Wildman–Crippen LogP) is 4.34. The van der Waals surface area contributed by atoms with Gasteiger partial charge < -0.3 is 10.4 Å². The number of fused-ring (bicyclic) bond motifs is 1. The number of phenolic OH excluding ortho intramolecular Hbond substituents is 1. The molecule has 0 saturated heterocycles. The van der Waals surface area contributed by atoms with Gasteiger partial charge in [0, 0.05) is 17.0 Å². The van der Waals surface area contributed by atoms with Crippen LogP contribution >= 0.6 is 11.8 Å². The summed E-state index contributed by atoms with van der Waals surface area (Å²) in [7, 11) is 0. The van der Waals surface area contributed by atoms with Crippen LogP contribution in [0.4, 0.5) is 4.39 Å². The van der Waals surface area contributed by atoms with Crippen LogP contribution in [-0.4, -0.2) is 37.4 Å². The third-order valence-electron chi connectivity index (χ3n) is 7.00. The number of hydrogen-bond donors (Lipinski definition) is 2. The minimum absolute atomic E-state index is 0.0319. The van der Waals surface area contributed by atoms with E-state index in [9.17, 15) is 23.9 Å². The molecule has 8 nitrogen and oxygen atoms in total. The van der Waals surface area contributed by atoms with E-state index in [1.165, 1.54) is 27.0 Å². The Morgan fingerprint density at radius 3 is 2.61 bits per heavy atom. The van der Waals surface area contributed by atoms with Gasteiger partial charge >= 0.3 is 5.69 Å². The van der Waals surface area contributed by atoms with Crippen LogP contribution in [0, 0.1) is 12.7 Å². The van der Waals surface area contributed by atoms with Gasteiger partial charge in [-0.2, -0.15) is 0 Å². The van der Waals surface area contributed by atoms with E-state index in [1.807, 2.05) is 31.4 Å². The minimum Gasteiger partial charge on any atom is -0.507 e. The van der Waals surface area contributed by atoms with Gasteiger partial charge in [-0.25, -0.2) is 18.7 Å². The number of carbonyl (C=O) groups excluding carboxylic acids is 1. The number of carbonyl (C=O) groups is 1. The van der Waals surface area contributed by atoms with Crippen molar-refractivity contribution in [2.75, 3.05) is 6.26 Å². The third-order valence-corrected chi connectivity index (χ3v) is 7.72. The molecule has 2 aromatic carbocycles. The fourth-order valence-electron chi connectivity index (χ4n) is 5.06. The molecule has 2 heterocycles. The molecule has 1 saturated carbocycles. The number of halogens is 1. The number of thioether (sulfide) groups is 1. The number of benzene rings is 2. The van der Waals surface area contributed by atoms with Gasteiger partial charge in [0.05, 0.1) is 22.8 Å². The molecule has 4 aromatic rings. The molecular weight excluding hydrogens is 507 g/mol. The van der Waals surface area contributed by atoms with Gasteiger partial charge in [0.25, 0.3) is 11.5 Å². The average Bonchev–Trinajstić information content (AvgIpc) is 2.91. The summed E-state index contributed by atoms with van der Waals surface area (Å²) in [6, 6.07) is 12.7. The van der Waals surface area contributed by atoms with Gasteiger partial charge in [0.15, 0.2) is 5.65 Å². The zero-order valence-electron chi connectivity index (χ0n) is 21.0. The van der Waals surface area contributed by atoms with Crippen LogP contribution < -0.4 is 16.6 Å². The number of aryl methyl sites for hydroxylation is 1. The van der Waals surface area contributed by atoms with Crippen molar-refractivity contribution < 1.29 is 14.3 Å². The van der Waals surface area contributed by atoms with Gasteiger partial charge in [-0.15, -0.1) is 11.8 Å². The Balaban J connectivity index is 1.47. The summed E-state index contributed by atoms with van der Waals surface area (Å²) >= 11 is 1.52. The van der Waals surface area contributed by atoms with Crippen molar-refractivity contribution in [3.63, 3.8) is 0 Å². The zero-order chi connectivity index (χ0) is 27.0. The number of nitrogens with one attached hydrogen (secondary N) is 1. The van der Waals surface area contributed by atoms with Crippen molar-refractivity contribution in [2.45, 2.75) is 49.6 Å². The fourth-order valence-corrected chi connectivity index (χ4v) is 5.51. The molecular formula is C28H27FN4O4S. The van der Waals surface area contributed by atoms with Crippen molar-refractivity contribution in [3.05, 3.63) is 92.5 Å². The summed E-state index contributed by atoms with van der Waals surface area (Å²) in [4.78, 5) is 45.0. The van der Waals surface area contributed by atoms with Gasteiger partial charge in [0.1, 0.15) is 11.6 Å². The second-order valence-corrected chi connectivity index (χ2v) is 10.4. The van der Waals surface area contributed by atoms with E-state index < -0.39 is 23.1 Å². The van der Waals surface area contributed by atoms with E-state index in [2.05, 4.69) is 10.3 Å². The molecule has 38 heavy (non-hydrogen) atoms. The first kappa shape index (κ1) is 25.7. The van der Waals surface area contributed by atoms with Crippen LogP contribution in [0.2, 0.25) is 0 Å². The molecule has 0 unspecified atom stereocenters. The lowest BCUT2D eigenvalue weighted by atomic mass is 9.90. The van der Waals surface area contributed by atoms with Crippen molar-refractivity contribution >= 4 is 28.7 Å². The average molecular weight is 535 g/mol. The van der Waals surface area contributed by atoms with Gasteiger partial charge in [-0.05, 0) is 75.3 Å². The fraction of sp³-hybridized carbons (Fsp3) is 0.286. The van der Waals surface area contributed by atoms with Gasteiger partial charge in [0.2, 0.25) is 0 Å². The Hall–Kier alpha value is -3.92. The Kier molecular flexibility index (Phi) is 7.07. The van der Waals surface area contributed by atoms with Crippen LogP contribution in [0.3, 0.4) is 0 Å². The van der Waals surface area contributed by atoms with Crippen LogP contribution in [-0.2, 0) is 0 Å². The number of aromatic hydroxyl groups is 1. The largest absolute Gasteiger partial charge is 0.507 e. The number of phenols is 1. The number of rotatable bonds is 5. The summed E-state index contributed by atoms with van der Waals surface area (Å²) in [5.41, 5.74) is 0.609. The molecule has 1 aliphatic carbocycles. The molecule has 196 valence electrons. The quantitative estimate of drug-likeness (QED) is 0.369. The Morgan fingerprint density at radius 2 is 1.87 bits per heavy atom. The first-order chi connectivity index (χ1) is 18.3. The molecule has 1 amide bonds. The summed E-state index contributed by atoms with van der Waals surface area (Å²) in [6.45, 7) is 1.84. The monoisotopic (exact) mass is 534 g/mol. The second kappa shape index (κ2) is 10.4. The molecule has 0 radical (unpaired) electrons. The van der Waals surface area contributed by atoms with E-state index in [0.29, 0.717) is 31.4 Å². The lowest BCUT2D eigenvalue weighted by Gasteiger charge is -2.30. The van der Waals surface area contributed by atoms with Crippen LogP contribution in [0.5, 0.6) is 5.75 Å². The van der Waals surface area contributed by atoms with Crippen LogP contribution in [0.15, 0.2) is 69.2 Å². The highest BCUT2D eigenvalue weighted by molar-refractivity contribution is 7.98. The van der Waals surface area contributed by atoms with Gasteiger partial charge in [-0.1, -0.05) is 17.7 Å². The predicted molar refractivity (Wildman–Crippen MR) is 145 cm³/mol. The van der Waals surface area contributed by atoms with Crippen LogP contribution in [0.25, 0.3) is 16.7 Å². The Bertz CT molecular complexity index is 1660. The Labute approximate surface area is 222 Å². The number of aromatic nitrogens is 3. The van der Waals surface area contributed by atoms with E-state index in [1.54, 1.807) is 18.2 Å². The molecule has 5 rings (SSSR count). The Morgan fingerprint density at radius 1 is 1.11 bits per heavy atom. The second-order valence-electron chi connectivity index (χ2n) is 9.52. The summed E-state index contributed by atoms with van der Waals surface area (Å²) < 4.78 is 16.7. The molecule has 2 aromatic heterocycles. The maximum Gasteiger partial charge on any atom is 0.337 e. The molecule has 1 aliphatic rings. The first-order valence-corrected chi connectivity index (χ1v) is 13.6. The molecule has 0 bridgehead atoms. The standard InChI is InChI=1S/C28H27FN4O4S/c1-16-6-11-24(34)22(12-16)26(35)31-18-7-9-19(10-8-18)33-27(36)23-13-17(29)15-30-25(23)32(28(33)37)20-4-3-5-21(14-20)38-2/h3-6,11-15,18-19,34H,7-10H2,1-2H3,(H,31,35). The highest BCUT2D eigenvalue weighted by Crippen LogP contribution is 2.28. The van der Waals surface area contributed by atoms with E-state index in [-0.39, 0.29) is 34.3 Å². The normalized spacial score (nSPS) is 17.4. The smallest absolute Gasteiger partial charge is 0.337 e. The van der Waals surface area contributed by atoms with Crippen LogP contribution in [0.1, 0.15) is 47.6 Å². The third kappa shape index (κ3) is 4.83. The van der Waals surface area contributed by atoms with E-state index in [4.69, 9.17) is 0 Å². The maximum atomic E-state index is 14.2. The van der Waals surface area contributed by atoms with Crippen molar-refractivity contribution in [3.8, 4) is 11.4 Å². The van der Waals surface area contributed by atoms with Gasteiger partial charge in [-0.3, -0.25) is 14.2 Å². The zero-order valence-corrected chi connectivity index (χ0v) is 21.8. The highest BCUT2D eigenvalue weighted by Gasteiger charge is 2.28. The molecule has 10 heteroatoms. The van der Waals surface area contributed by atoms with Crippen molar-refractivity contribution in [2.24, 2.45) is 0 Å². The number of hydrogen-bond acceptors (Lipinski definition) is 6. The number of pyridine rings is 1. The molecule has 0 atom stereocenters. The first-order valence-electron chi connectivity index (χ1n) is 12.3. The molecule has 0 aliphatic heterocycles. The van der Waals surface area contributed by atoms with Crippen molar-refractivity contribution in [1.29, 1.82) is 0 Å². The maximum absolute atomic E-state index is 14.2. The lowest BCUT2D eigenvalue weighted by Crippen LogP contribution is -2.45. The van der Waals surface area contributed by atoms with Crippen molar-refractivity contribution in [1.82, 2.24) is 19.4 Å².